The van der Waals surface area contributed by atoms with Gasteiger partial charge in [-0.1, -0.05) is 11.6 Å². The smallest absolute Gasteiger partial charge is 0.187 e. The molecule has 0 fully saturated rings. The lowest BCUT2D eigenvalue weighted by atomic mass is 10.2. The van der Waals surface area contributed by atoms with Crippen LogP contribution in [0.25, 0.3) is 5.69 Å². The molecule has 2 aromatic rings. The Bertz CT molecular complexity index is 468. The van der Waals surface area contributed by atoms with Gasteiger partial charge in [0.1, 0.15) is 0 Å². The molecule has 0 amide bonds. The number of tetrazole rings is 1. The van der Waals surface area contributed by atoms with Gasteiger partial charge in [-0.2, -0.15) is 4.68 Å². The zero-order valence-electron chi connectivity index (χ0n) is 7.28. The average Bonchev–Trinajstić information content (AvgIpc) is 2.52. The molecule has 2 rings (SSSR count). The van der Waals surface area contributed by atoms with E-state index in [1.54, 1.807) is 10.7 Å². The van der Waals surface area contributed by atoms with Crippen LogP contribution >= 0.6 is 27.5 Å². The fourth-order valence-electron chi connectivity index (χ4n) is 1.18. The maximum absolute atomic E-state index is 5.85. The molecule has 0 saturated carbocycles. The third kappa shape index (κ3) is 1.65. The molecular formula is C8H6BrClN4. The van der Waals surface area contributed by atoms with Crippen LogP contribution in [0.4, 0.5) is 0 Å². The van der Waals surface area contributed by atoms with Crippen LogP contribution < -0.4 is 0 Å². The minimum absolute atomic E-state index is 0.572. The van der Waals surface area contributed by atoms with E-state index in [0.29, 0.717) is 9.76 Å². The van der Waals surface area contributed by atoms with Crippen molar-refractivity contribution in [2.45, 2.75) is 6.92 Å². The second-order valence-electron chi connectivity index (χ2n) is 2.79. The van der Waals surface area contributed by atoms with Crippen molar-refractivity contribution in [1.29, 1.82) is 0 Å². The van der Waals surface area contributed by atoms with Crippen molar-refractivity contribution >= 4 is 27.5 Å². The van der Waals surface area contributed by atoms with E-state index in [9.17, 15) is 0 Å². The highest BCUT2D eigenvalue weighted by Crippen LogP contribution is 2.20. The van der Waals surface area contributed by atoms with Crippen LogP contribution in [0.2, 0.25) is 5.02 Å². The number of hydrogen-bond acceptors (Lipinski definition) is 3. The maximum atomic E-state index is 5.85. The second-order valence-corrected chi connectivity index (χ2v) is 3.94. The van der Waals surface area contributed by atoms with Gasteiger partial charge in [0.2, 0.25) is 4.73 Å². The molecule has 1 aromatic carbocycles. The normalized spacial score (nSPS) is 10.5. The molecule has 0 aliphatic heterocycles. The van der Waals surface area contributed by atoms with Crippen molar-refractivity contribution in [3.63, 3.8) is 0 Å². The molecule has 0 spiro atoms. The summed E-state index contributed by atoms with van der Waals surface area (Å²) < 4.78 is 2.17. The van der Waals surface area contributed by atoms with Gasteiger partial charge in [-0.25, -0.2) is 0 Å². The highest BCUT2D eigenvalue weighted by molar-refractivity contribution is 9.10. The third-order valence-electron chi connectivity index (χ3n) is 1.82. The minimum Gasteiger partial charge on any atom is -0.187 e. The van der Waals surface area contributed by atoms with Crippen LogP contribution in [0.15, 0.2) is 22.9 Å². The standard InChI is InChI=1S/C8H6BrClN4/c1-5-4-6(10)2-3-7(5)14-8(9)11-12-13-14/h2-4H,1H3. The quantitative estimate of drug-likeness (QED) is 0.801. The van der Waals surface area contributed by atoms with Gasteiger partial charge < -0.3 is 0 Å². The number of aromatic nitrogens is 4. The fraction of sp³-hybridized carbons (Fsp3) is 0.125. The van der Waals surface area contributed by atoms with Gasteiger partial charge in [-0.3, -0.25) is 0 Å². The van der Waals surface area contributed by atoms with Gasteiger partial charge in [0.25, 0.3) is 0 Å². The van der Waals surface area contributed by atoms with E-state index in [4.69, 9.17) is 11.6 Å². The average molecular weight is 274 g/mol. The van der Waals surface area contributed by atoms with E-state index < -0.39 is 0 Å². The molecule has 0 unspecified atom stereocenters. The highest BCUT2D eigenvalue weighted by Gasteiger charge is 2.07. The monoisotopic (exact) mass is 272 g/mol. The summed E-state index contributed by atoms with van der Waals surface area (Å²) >= 11 is 9.10. The lowest BCUT2D eigenvalue weighted by Crippen LogP contribution is -1.99. The van der Waals surface area contributed by atoms with Gasteiger partial charge in [-0.15, -0.1) is 5.10 Å². The zero-order valence-corrected chi connectivity index (χ0v) is 9.62. The summed E-state index contributed by atoms with van der Waals surface area (Å²) in [6, 6.07) is 5.54. The number of nitrogens with zero attached hydrogens (tertiary/aromatic N) is 4. The molecule has 6 heteroatoms. The molecule has 0 N–H and O–H groups in total. The van der Waals surface area contributed by atoms with Crippen LogP contribution in [0, 0.1) is 6.92 Å². The summed E-state index contributed by atoms with van der Waals surface area (Å²) in [7, 11) is 0. The molecule has 0 atom stereocenters. The topological polar surface area (TPSA) is 43.6 Å². The first-order valence-electron chi connectivity index (χ1n) is 3.89. The van der Waals surface area contributed by atoms with Gasteiger partial charge in [0.15, 0.2) is 0 Å². The maximum Gasteiger partial charge on any atom is 0.222 e. The molecule has 1 aromatic heterocycles. The number of rotatable bonds is 1. The van der Waals surface area contributed by atoms with Crippen LogP contribution in [-0.4, -0.2) is 20.2 Å². The molecule has 0 radical (unpaired) electrons. The van der Waals surface area contributed by atoms with E-state index in [2.05, 4.69) is 31.5 Å². The summed E-state index contributed by atoms with van der Waals surface area (Å²) in [5.74, 6) is 0. The Balaban J connectivity index is 2.58. The summed E-state index contributed by atoms with van der Waals surface area (Å²) in [6.07, 6.45) is 0. The Kier molecular flexibility index (Phi) is 2.52. The first kappa shape index (κ1) is 9.61. The van der Waals surface area contributed by atoms with Crippen molar-refractivity contribution in [2.24, 2.45) is 0 Å². The number of hydrogen-bond donors (Lipinski definition) is 0. The zero-order chi connectivity index (χ0) is 10.1. The molecule has 72 valence electrons. The molecule has 14 heavy (non-hydrogen) atoms. The second kappa shape index (κ2) is 3.67. The van der Waals surface area contributed by atoms with Crippen molar-refractivity contribution in [3.05, 3.63) is 33.5 Å². The van der Waals surface area contributed by atoms with E-state index in [-0.39, 0.29) is 0 Å². The molecule has 4 nitrogen and oxygen atoms in total. The van der Waals surface area contributed by atoms with Crippen molar-refractivity contribution < 1.29 is 0 Å². The molecule has 0 aliphatic carbocycles. The van der Waals surface area contributed by atoms with E-state index >= 15 is 0 Å². The van der Waals surface area contributed by atoms with E-state index in [0.717, 1.165) is 11.3 Å². The van der Waals surface area contributed by atoms with Crippen LogP contribution in [0.1, 0.15) is 5.56 Å². The third-order valence-corrected chi connectivity index (χ3v) is 2.55. The van der Waals surface area contributed by atoms with Crippen molar-refractivity contribution in [1.82, 2.24) is 20.2 Å². The lowest BCUT2D eigenvalue weighted by Gasteiger charge is -2.04. The summed E-state index contributed by atoms with van der Waals surface area (Å²) in [5.41, 5.74) is 1.93. The van der Waals surface area contributed by atoms with Crippen molar-refractivity contribution in [2.75, 3.05) is 0 Å². The Hall–Kier alpha value is -0.940. The van der Waals surface area contributed by atoms with E-state index in [1.807, 2.05) is 19.1 Å². The van der Waals surface area contributed by atoms with Crippen LogP contribution in [0.5, 0.6) is 0 Å². The van der Waals surface area contributed by atoms with Gasteiger partial charge in [0, 0.05) is 5.02 Å². The first-order chi connectivity index (χ1) is 6.68. The Morgan fingerprint density at radius 1 is 1.43 bits per heavy atom. The molecular weight excluding hydrogens is 267 g/mol. The predicted octanol–water partition coefficient (Wildman–Crippen LogP) is 2.39. The predicted molar refractivity (Wildman–Crippen MR) is 56.6 cm³/mol. The Labute approximate surface area is 94.0 Å². The Morgan fingerprint density at radius 2 is 2.21 bits per heavy atom. The molecule has 0 saturated heterocycles. The number of halogens is 2. The molecule has 1 heterocycles. The van der Waals surface area contributed by atoms with Gasteiger partial charge in [0.05, 0.1) is 5.69 Å². The van der Waals surface area contributed by atoms with Crippen LogP contribution in [0.3, 0.4) is 0 Å². The number of benzene rings is 1. The molecule has 0 aliphatic rings. The van der Waals surface area contributed by atoms with Crippen molar-refractivity contribution in [3.8, 4) is 5.69 Å². The van der Waals surface area contributed by atoms with Gasteiger partial charge >= 0.3 is 0 Å². The van der Waals surface area contributed by atoms with Gasteiger partial charge in [-0.05, 0) is 57.0 Å². The first-order valence-corrected chi connectivity index (χ1v) is 5.06. The highest BCUT2D eigenvalue weighted by atomic mass is 79.9. The fourth-order valence-corrected chi connectivity index (χ4v) is 1.74. The summed E-state index contributed by atoms with van der Waals surface area (Å²) in [5, 5.41) is 11.8. The molecule has 0 bridgehead atoms. The van der Waals surface area contributed by atoms with Crippen LogP contribution in [-0.2, 0) is 0 Å². The minimum atomic E-state index is 0.572. The summed E-state index contributed by atoms with van der Waals surface area (Å²) in [4.78, 5) is 0. The SMILES string of the molecule is Cc1cc(Cl)ccc1-n1nnnc1Br. The summed E-state index contributed by atoms with van der Waals surface area (Å²) in [6.45, 7) is 1.95. The van der Waals surface area contributed by atoms with E-state index in [1.165, 1.54) is 0 Å². The lowest BCUT2D eigenvalue weighted by molar-refractivity contribution is 0.779. The largest absolute Gasteiger partial charge is 0.222 e. The number of aryl methyl sites for hydroxylation is 1. The Morgan fingerprint density at radius 3 is 2.79 bits per heavy atom.